The molecule has 1 saturated carbocycles. The fraction of sp³-hybridized carbons (Fsp3) is 0.391. The molecule has 170 valence electrons. The van der Waals surface area contributed by atoms with E-state index >= 15 is 0 Å². The van der Waals surface area contributed by atoms with Gasteiger partial charge in [0.15, 0.2) is 0 Å². The normalized spacial score (nSPS) is 18.2. The van der Waals surface area contributed by atoms with Crippen LogP contribution in [-0.4, -0.2) is 41.3 Å². The lowest BCUT2D eigenvalue weighted by molar-refractivity contribution is 0.134. The maximum absolute atomic E-state index is 5.99. The van der Waals surface area contributed by atoms with Gasteiger partial charge in [0, 0.05) is 23.7 Å². The summed E-state index contributed by atoms with van der Waals surface area (Å²) >= 11 is 1.72. The van der Waals surface area contributed by atoms with Crippen molar-refractivity contribution in [1.29, 1.82) is 0 Å². The van der Waals surface area contributed by atoms with Gasteiger partial charge in [0.05, 0.1) is 16.4 Å². The van der Waals surface area contributed by atoms with Crippen LogP contribution in [-0.2, 0) is 13.0 Å². The highest BCUT2D eigenvalue weighted by Crippen LogP contribution is 2.35. The average Bonchev–Trinajstić information content (AvgIpc) is 3.57. The molecule has 33 heavy (non-hydrogen) atoms. The Bertz CT molecular complexity index is 1140. The predicted molar refractivity (Wildman–Crippen MR) is 123 cm³/mol. The Morgan fingerprint density at radius 2 is 1.85 bits per heavy atom. The Labute approximate surface area is 195 Å². The fourth-order valence-corrected chi connectivity index (χ4v) is 4.85. The Kier molecular flexibility index (Phi) is 6.52. The SMILES string of the molecule is CCc1cnc(O[C@H]2CC[C@@H](c3nc(COc4ccc(-n5cnnn5)cc4)cs3)CC2)nc1. The Hall–Kier alpha value is -3.40. The fourth-order valence-electron chi connectivity index (χ4n) is 3.87. The molecule has 0 atom stereocenters. The molecule has 0 spiro atoms. The van der Waals surface area contributed by atoms with Gasteiger partial charge in [-0.2, -0.15) is 0 Å². The lowest BCUT2D eigenvalue weighted by atomic mass is 9.88. The third-order valence-corrected chi connectivity index (χ3v) is 6.85. The summed E-state index contributed by atoms with van der Waals surface area (Å²) in [6, 6.07) is 8.13. The van der Waals surface area contributed by atoms with Gasteiger partial charge in [0.1, 0.15) is 24.8 Å². The molecule has 0 radical (unpaired) electrons. The maximum atomic E-state index is 5.99. The zero-order valence-corrected chi connectivity index (χ0v) is 19.2. The highest BCUT2D eigenvalue weighted by atomic mass is 32.1. The van der Waals surface area contributed by atoms with Crippen molar-refractivity contribution in [3.63, 3.8) is 0 Å². The molecule has 5 rings (SSSR count). The van der Waals surface area contributed by atoms with Crippen LogP contribution in [0.5, 0.6) is 11.8 Å². The summed E-state index contributed by atoms with van der Waals surface area (Å²) in [6.07, 6.45) is 10.4. The van der Waals surface area contributed by atoms with E-state index in [9.17, 15) is 0 Å². The summed E-state index contributed by atoms with van der Waals surface area (Å²) < 4.78 is 13.5. The van der Waals surface area contributed by atoms with Crippen molar-refractivity contribution >= 4 is 11.3 Å². The third-order valence-electron chi connectivity index (χ3n) is 5.79. The number of thiazole rings is 1. The summed E-state index contributed by atoms with van der Waals surface area (Å²) in [6.45, 7) is 2.54. The highest BCUT2D eigenvalue weighted by Gasteiger charge is 2.26. The van der Waals surface area contributed by atoms with Gasteiger partial charge >= 0.3 is 6.01 Å². The number of hydrogen-bond acceptors (Lipinski definition) is 9. The molecule has 1 aliphatic carbocycles. The van der Waals surface area contributed by atoms with E-state index in [1.807, 2.05) is 36.7 Å². The molecule has 0 bridgehead atoms. The number of rotatable bonds is 8. The average molecular weight is 464 g/mol. The summed E-state index contributed by atoms with van der Waals surface area (Å²) in [5, 5.41) is 14.5. The molecule has 3 heterocycles. The Morgan fingerprint density at radius 1 is 1.06 bits per heavy atom. The van der Waals surface area contributed by atoms with E-state index in [4.69, 9.17) is 14.5 Å². The number of benzene rings is 1. The zero-order chi connectivity index (χ0) is 22.5. The molecule has 0 amide bonds. The first kappa shape index (κ1) is 21.4. The molecule has 9 nitrogen and oxygen atoms in total. The van der Waals surface area contributed by atoms with Crippen LogP contribution >= 0.6 is 11.3 Å². The van der Waals surface area contributed by atoms with Crippen molar-refractivity contribution in [1.82, 2.24) is 35.2 Å². The minimum Gasteiger partial charge on any atom is -0.487 e. The van der Waals surface area contributed by atoms with E-state index in [1.165, 1.54) is 5.01 Å². The van der Waals surface area contributed by atoms with Gasteiger partial charge in [-0.25, -0.2) is 19.6 Å². The quantitative estimate of drug-likeness (QED) is 0.384. The number of hydrogen-bond donors (Lipinski definition) is 0. The van der Waals surface area contributed by atoms with Crippen molar-refractivity contribution < 1.29 is 9.47 Å². The van der Waals surface area contributed by atoms with Gasteiger partial charge in [-0.3, -0.25) is 0 Å². The lowest BCUT2D eigenvalue weighted by Crippen LogP contribution is -2.24. The van der Waals surface area contributed by atoms with E-state index < -0.39 is 0 Å². The van der Waals surface area contributed by atoms with E-state index in [2.05, 4.69) is 37.8 Å². The van der Waals surface area contributed by atoms with E-state index in [-0.39, 0.29) is 6.10 Å². The number of aryl methyl sites for hydroxylation is 1. The van der Waals surface area contributed by atoms with Crippen LogP contribution in [0.2, 0.25) is 0 Å². The molecule has 1 fully saturated rings. The second-order valence-corrected chi connectivity index (χ2v) is 8.92. The van der Waals surface area contributed by atoms with Gasteiger partial charge in [0.25, 0.3) is 0 Å². The van der Waals surface area contributed by atoms with Crippen LogP contribution in [0.4, 0.5) is 0 Å². The van der Waals surface area contributed by atoms with Gasteiger partial charge in [0.2, 0.25) is 0 Å². The van der Waals surface area contributed by atoms with Crippen LogP contribution in [0.25, 0.3) is 5.69 Å². The van der Waals surface area contributed by atoms with Crippen molar-refractivity contribution in [2.75, 3.05) is 0 Å². The van der Waals surface area contributed by atoms with Crippen molar-refractivity contribution in [2.24, 2.45) is 0 Å². The van der Waals surface area contributed by atoms with Crippen molar-refractivity contribution in [2.45, 2.75) is 57.7 Å². The highest BCUT2D eigenvalue weighted by molar-refractivity contribution is 7.09. The minimum absolute atomic E-state index is 0.174. The summed E-state index contributed by atoms with van der Waals surface area (Å²) in [4.78, 5) is 13.5. The lowest BCUT2D eigenvalue weighted by Gasteiger charge is -2.27. The second-order valence-electron chi connectivity index (χ2n) is 8.03. The second kappa shape index (κ2) is 10.0. The predicted octanol–water partition coefficient (Wildman–Crippen LogP) is 4.16. The Balaban J connectivity index is 1.10. The molecule has 0 saturated heterocycles. The number of nitrogens with zero attached hydrogens (tertiary/aromatic N) is 7. The van der Waals surface area contributed by atoms with Gasteiger partial charge in [-0.15, -0.1) is 16.4 Å². The summed E-state index contributed by atoms with van der Waals surface area (Å²) in [7, 11) is 0. The third kappa shape index (κ3) is 5.33. The first-order chi connectivity index (χ1) is 16.3. The van der Waals surface area contributed by atoms with Gasteiger partial charge in [-0.1, -0.05) is 6.92 Å². The van der Waals surface area contributed by atoms with Crippen LogP contribution in [0, 0.1) is 0 Å². The molecular formula is C23H25N7O2S. The van der Waals surface area contributed by atoms with Gasteiger partial charge < -0.3 is 9.47 Å². The molecule has 4 aromatic rings. The number of tetrazole rings is 1. The molecule has 1 aliphatic rings. The molecule has 0 aliphatic heterocycles. The standard InChI is InChI=1S/C23H25N7O2S/c1-2-16-11-24-23(25-12-16)32-21-7-3-17(4-8-21)22-27-18(14-33-22)13-31-20-9-5-19(6-10-20)30-15-26-28-29-30/h5-6,9-12,14-15,17,21H,2-4,7-8,13H2,1H3/t17-,21+. The number of ether oxygens (including phenoxy) is 2. The van der Waals surface area contributed by atoms with Crippen molar-refractivity contribution in [3.8, 4) is 17.4 Å². The first-order valence-corrected chi connectivity index (χ1v) is 12.0. The summed E-state index contributed by atoms with van der Waals surface area (Å²) in [5.41, 5.74) is 2.96. The first-order valence-electron chi connectivity index (χ1n) is 11.1. The van der Waals surface area contributed by atoms with Crippen LogP contribution in [0.3, 0.4) is 0 Å². The molecule has 1 aromatic carbocycles. The largest absolute Gasteiger partial charge is 0.487 e. The van der Waals surface area contributed by atoms with E-state index in [0.717, 1.165) is 54.8 Å². The molecule has 0 N–H and O–H groups in total. The zero-order valence-electron chi connectivity index (χ0n) is 18.4. The van der Waals surface area contributed by atoms with Crippen LogP contribution in [0.1, 0.15) is 54.8 Å². The minimum atomic E-state index is 0.174. The van der Waals surface area contributed by atoms with E-state index in [0.29, 0.717) is 18.5 Å². The van der Waals surface area contributed by atoms with Crippen molar-refractivity contribution in [3.05, 3.63) is 64.6 Å². The molecule has 0 unspecified atom stereocenters. The molecule has 3 aromatic heterocycles. The molecular weight excluding hydrogens is 438 g/mol. The number of aromatic nitrogens is 7. The van der Waals surface area contributed by atoms with Crippen LogP contribution in [0.15, 0.2) is 48.4 Å². The van der Waals surface area contributed by atoms with E-state index in [1.54, 1.807) is 22.3 Å². The smallest absolute Gasteiger partial charge is 0.316 e. The topological polar surface area (TPSA) is 101 Å². The monoisotopic (exact) mass is 463 g/mol. The summed E-state index contributed by atoms with van der Waals surface area (Å²) in [5.74, 6) is 1.26. The molecule has 10 heteroatoms. The van der Waals surface area contributed by atoms with Gasteiger partial charge in [-0.05, 0) is 72.4 Å². The van der Waals surface area contributed by atoms with Crippen LogP contribution < -0.4 is 9.47 Å². The Morgan fingerprint density at radius 3 is 2.55 bits per heavy atom. The maximum Gasteiger partial charge on any atom is 0.316 e.